The van der Waals surface area contributed by atoms with E-state index in [1.165, 1.54) is 5.56 Å². The van der Waals surface area contributed by atoms with Crippen LogP contribution in [0.15, 0.2) is 36.7 Å². The Labute approximate surface area is 106 Å². The Balaban J connectivity index is 1.87. The summed E-state index contributed by atoms with van der Waals surface area (Å²) in [5.74, 6) is 0.850. The predicted octanol–water partition coefficient (Wildman–Crippen LogP) is 2.04. The van der Waals surface area contributed by atoms with E-state index in [0.717, 1.165) is 31.6 Å². The molecule has 0 amide bonds. The number of benzene rings is 1. The fourth-order valence-electron chi connectivity index (χ4n) is 2.49. The van der Waals surface area contributed by atoms with Crippen molar-refractivity contribution < 1.29 is 5.11 Å². The maximum atomic E-state index is 9.81. The van der Waals surface area contributed by atoms with Crippen LogP contribution in [0.25, 0.3) is 5.69 Å². The molecule has 4 heteroatoms. The Morgan fingerprint density at radius 1 is 1.22 bits per heavy atom. The van der Waals surface area contributed by atoms with E-state index >= 15 is 0 Å². The molecule has 0 unspecified atom stereocenters. The van der Waals surface area contributed by atoms with Crippen molar-refractivity contribution in [2.24, 2.45) is 0 Å². The second-order valence-corrected chi connectivity index (χ2v) is 4.73. The first-order chi connectivity index (χ1) is 8.84. The number of piperidine rings is 1. The summed E-state index contributed by atoms with van der Waals surface area (Å²) in [6.45, 7) is 2.15. The number of para-hydroxylation sites is 2. The fraction of sp³-hybridized carbons (Fsp3) is 0.357. The molecule has 0 bridgehead atoms. The van der Waals surface area contributed by atoms with Crippen LogP contribution in [0, 0.1) is 0 Å². The van der Waals surface area contributed by atoms with Gasteiger partial charge >= 0.3 is 0 Å². The lowest BCUT2D eigenvalue weighted by Crippen LogP contribution is -2.26. The van der Waals surface area contributed by atoms with Crippen LogP contribution < -0.4 is 5.32 Å². The Kier molecular flexibility index (Phi) is 3.02. The largest absolute Gasteiger partial charge is 0.506 e. The van der Waals surface area contributed by atoms with Gasteiger partial charge < -0.3 is 10.4 Å². The minimum atomic E-state index is 0.262. The topological polar surface area (TPSA) is 50.1 Å². The molecule has 94 valence electrons. The molecule has 18 heavy (non-hydrogen) atoms. The molecule has 1 aromatic heterocycles. The molecule has 2 heterocycles. The Bertz CT molecular complexity index is 529. The molecule has 2 aromatic rings. The van der Waals surface area contributed by atoms with Crippen LogP contribution in [0.3, 0.4) is 0 Å². The quantitative estimate of drug-likeness (QED) is 0.848. The number of aromatic hydroxyl groups is 1. The molecule has 3 rings (SSSR count). The molecular weight excluding hydrogens is 226 g/mol. The van der Waals surface area contributed by atoms with Gasteiger partial charge in [-0.25, -0.2) is 4.68 Å². The highest BCUT2D eigenvalue weighted by Crippen LogP contribution is 2.27. The number of phenols is 1. The SMILES string of the molecule is Oc1ccccc1-n1cc(C2CCNCC2)cn1. The lowest BCUT2D eigenvalue weighted by Gasteiger charge is -2.21. The molecular formula is C14H17N3O. The third-order valence-corrected chi connectivity index (χ3v) is 3.54. The van der Waals surface area contributed by atoms with Gasteiger partial charge in [0, 0.05) is 6.20 Å². The van der Waals surface area contributed by atoms with Gasteiger partial charge in [0.25, 0.3) is 0 Å². The summed E-state index contributed by atoms with van der Waals surface area (Å²) in [4.78, 5) is 0. The molecule has 1 aliphatic heterocycles. The van der Waals surface area contributed by atoms with E-state index in [-0.39, 0.29) is 5.75 Å². The maximum absolute atomic E-state index is 9.81. The summed E-state index contributed by atoms with van der Waals surface area (Å²) in [5.41, 5.74) is 2.00. The minimum Gasteiger partial charge on any atom is -0.506 e. The minimum absolute atomic E-state index is 0.262. The van der Waals surface area contributed by atoms with Crippen molar-refractivity contribution in [1.29, 1.82) is 0 Å². The van der Waals surface area contributed by atoms with Crippen LogP contribution in [-0.2, 0) is 0 Å². The molecule has 1 aromatic carbocycles. The molecule has 1 aliphatic rings. The van der Waals surface area contributed by atoms with Gasteiger partial charge in [0.1, 0.15) is 11.4 Å². The van der Waals surface area contributed by atoms with Crippen molar-refractivity contribution in [2.45, 2.75) is 18.8 Å². The molecule has 0 aliphatic carbocycles. The third kappa shape index (κ3) is 2.11. The molecule has 0 saturated carbocycles. The van der Waals surface area contributed by atoms with E-state index in [4.69, 9.17) is 0 Å². The Morgan fingerprint density at radius 3 is 2.78 bits per heavy atom. The van der Waals surface area contributed by atoms with E-state index in [9.17, 15) is 5.11 Å². The second kappa shape index (κ2) is 4.82. The Hall–Kier alpha value is -1.81. The van der Waals surface area contributed by atoms with Gasteiger partial charge in [-0.3, -0.25) is 0 Å². The van der Waals surface area contributed by atoms with E-state index in [0.29, 0.717) is 5.92 Å². The molecule has 0 radical (unpaired) electrons. The van der Waals surface area contributed by atoms with Gasteiger partial charge in [-0.2, -0.15) is 5.10 Å². The fourth-order valence-corrected chi connectivity index (χ4v) is 2.49. The zero-order valence-electron chi connectivity index (χ0n) is 10.2. The first-order valence-electron chi connectivity index (χ1n) is 6.38. The molecule has 2 N–H and O–H groups in total. The van der Waals surface area contributed by atoms with Crippen molar-refractivity contribution in [3.8, 4) is 11.4 Å². The number of nitrogens with zero attached hydrogens (tertiary/aromatic N) is 2. The second-order valence-electron chi connectivity index (χ2n) is 4.73. The third-order valence-electron chi connectivity index (χ3n) is 3.54. The van der Waals surface area contributed by atoms with Crippen LogP contribution in [0.2, 0.25) is 0 Å². The molecule has 4 nitrogen and oxygen atoms in total. The van der Waals surface area contributed by atoms with Crippen molar-refractivity contribution >= 4 is 0 Å². The van der Waals surface area contributed by atoms with Crippen LogP contribution in [0.5, 0.6) is 5.75 Å². The maximum Gasteiger partial charge on any atom is 0.141 e. The predicted molar refractivity (Wildman–Crippen MR) is 70.1 cm³/mol. The summed E-state index contributed by atoms with van der Waals surface area (Å²) in [6.07, 6.45) is 6.27. The number of nitrogens with one attached hydrogen (secondary N) is 1. The van der Waals surface area contributed by atoms with E-state index < -0.39 is 0 Å². The van der Waals surface area contributed by atoms with Crippen molar-refractivity contribution in [3.63, 3.8) is 0 Å². The van der Waals surface area contributed by atoms with Gasteiger partial charge in [-0.15, -0.1) is 0 Å². The van der Waals surface area contributed by atoms with E-state index in [1.807, 2.05) is 30.6 Å². The summed E-state index contributed by atoms with van der Waals surface area (Å²) >= 11 is 0. The average Bonchev–Trinajstić information content (AvgIpc) is 2.90. The van der Waals surface area contributed by atoms with Crippen LogP contribution in [-0.4, -0.2) is 28.0 Å². The lowest BCUT2D eigenvalue weighted by atomic mass is 9.93. The van der Waals surface area contributed by atoms with Crippen molar-refractivity contribution in [3.05, 3.63) is 42.2 Å². The van der Waals surface area contributed by atoms with Gasteiger partial charge in [-0.1, -0.05) is 12.1 Å². The first-order valence-corrected chi connectivity index (χ1v) is 6.38. The highest BCUT2D eigenvalue weighted by atomic mass is 16.3. The van der Waals surface area contributed by atoms with Crippen LogP contribution in [0.1, 0.15) is 24.3 Å². The molecule has 1 saturated heterocycles. The lowest BCUT2D eigenvalue weighted by molar-refractivity contribution is 0.460. The number of aromatic nitrogens is 2. The van der Waals surface area contributed by atoms with Gasteiger partial charge in [0.05, 0.1) is 6.20 Å². The summed E-state index contributed by atoms with van der Waals surface area (Å²) < 4.78 is 1.76. The highest BCUT2D eigenvalue weighted by molar-refractivity contribution is 5.45. The zero-order chi connectivity index (χ0) is 12.4. The van der Waals surface area contributed by atoms with Gasteiger partial charge in [0.2, 0.25) is 0 Å². The molecule has 1 fully saturated rings. The Morgan fingerprint density at radius 2 is 2.00 bits per heavy atom. The van der Waals surface area contributed by atoms with E-state index in [2.05, 4.69) is 10.4 Å². The summed E-state index contributed by atoms with van der Waals surface area (Å²) in [5, 5.41) is 17.5. The van der Waals surface area contributed by atoms with Crippen molar-refractivity contribution in [2.75, 3.05) is 13.1 Å². The van der Waals surface area contributed by atoms with E-state index in [1.54, 1.807) is 10.7 Å². The molecule has 0 atom stereocenters. The number of hydrogen-bond acceptors (Lipinski definition) is 3. The van der Waals surface area contributed by atoms with Crippen molar-refractivity contribution in [1.82, 2.24) is 15.1 Å². The van der Waals surface area contributed by atoms with Crippen LogP contribution in [0.4, 0.5) is 0 Å². The zero-order valence-corrected chi connectivity index (χ0v) is 10.2. The number of rotatable bonds is 2. The monoisotopic (exact) mass is 243 g/mol. The first kappa shape index (κ1) is 11.3. The normalized spacial score (nSPS) is 16.9. The summed E-state index contributed by atoms with van der Waals surface area (Å²) in [6, 6.07) is 7.27. The number of hydrogen-bond donors (Lipinski definition) is 2. The van der Waals surface area contributed by atoms with Gasteiger partial charge in [-0.05, 0) is 49.5 Å². The van der Waals surface area contributed by atoms with Crippen LogP contribution >= 0.6 is 0 Å². The standard InChI is InChI=1S/C14H17N3O/c18-14-4-2-1-3-13(14)17-10-12(9-16-17)11-5-7-15-8-6-11/h1-4,9-11,15,18H,5-8H2. The smallest absolute Gasteiger partial charge is 0.141 e. The average molecular weight is 243 g/mol. The summed E-state index contributed by atoms with van der Waals surface area (Å²) in [7, 11) is 0. The molecule has 0 spiro atoms. The number of phenolic OH excluding ortho intramolecular Hbond substituents is 1. The highest BCUT2D eigenvalue weighted by Gasteiger charge is 2.17. The van der Waals surface area contributed by atoms with Gasteiger partial charge in [0.15, 0.2) is 0 Å².